The number of aryl methyl sites for hydroxylation is 1. The Labute approximate surface area is 160 Å². The van der Waals surface area contributed by atoms with Gasteiger partial charge >= 0.3 is 0 Å². The van der Waals surface area contributed by atoms with Crippen molar-refractivity contribution >= 4 is 10.9 Å². The van der Waals surface area contributed by atoms with Gasteiger partial charge in [0, 0.05) is 12.1 Å². The lowest BCUT2D eigenvalue weighted by molar-refractivity contribution is 0.364. The van der Waals surface area contributed by atoms with Gasteiger partial charge in [-0.15, -0.1) is 0 Å². The van der Waals surface area contributed by atoms with Gasteiger partial charge in [-0.1, -0.05) is 29.4 Å². The van der Waals surface area contributed by atoms with Gasteiger partial charge < -0.3 is 4.52 Å². The van der Waals surface area contributed by atoms with Crippen LogP contribution in [-0.2, 0) is 13.0 Å². The lowest BCUT2D eigenvalue weighted by Gasteiger charge is -2.05. The largest absolute Gasteiger partial charge is 0.337 e. The number of hydrogen-bond donors (Lipinski definition) is 0. The summed E-state index contributed by atoms with van der Waals surface area (Å²) in [5.74, 6) is 2.59. The zero-order valence-corrected chi connectivity index (χ0v) is 15.2. The Morgan fingerprint density at radius 2 is 2.11 bits per heavy atom. The van der Waals surface area contributed by atoms with Gasteiger partial charge in [0.25, 0.3) is 5.56 Å². The van der Waals surface area contributed by atoms with E-state index in [1.165, 1.54) is 22.0 Å². The molecule has 3 aromatic heterocycles. The van der Waals surface area contributed by atoms with E-state index in [0.717, 1.165) is 17.8 Å². The van der Waals surface area contributed by atoms with Crippen LogP contribution in [0.3, 0.4) is 0 Å². The molecule has 0 bridgehead atoms. The van der Waals surface area contributed by atoms with Crippen LogP contribution in [0.1, 0.15) is 40.2 Å². The van der Waals surface area contributed by atoms with Crippen LogP contribution in [0.4, 0.5) is 0 Å². The number of nitrogens with zero attached hydrogens (tertiary/aromatic N) is 5. The van der Waals surface area contributed by atoms with E-state index in [0.29, 0.717) is 34.5 Å². The van der Waals surface area contributed by atoms with E-state index in [1.54, 1.807) is 12.4 Å². The van der Waals surface area contributed by atoms with Gasteiger partial charge in [0.2, 0.25) is 5.89 Å². The van der Waals surface area contributed by atoms with Crippen molar-refractivity contribution in [3.8, 4) is 0 Å². The molecule has 0 spiro atoms. The van der Waals surface area contributed by atoms with Crippen molar-refractivity contribution in [2.45, 2.75) is 31.7 Å². The first-order valence-corrected chi connectivity index (χ1v) is 9.41. The number of pyridine rings is 1. The van der Waals surface area contributed by atoms with Crippen molar-refractivity contribution < 1.29 is 4.52 Å². The first kappa shape index (κ1) is 15.7. The molecule has 1 aromatic carbocycles. The topological polar surface area (TPSA) is 86.7 Å². The molecular formula is C21H17N5O2. The molecule has 2 aliphatic carbocycles. The van der Waals surface area contributed by atoms with E-state index in [4.69, 9.17) is 4.52 Å². The number of hydrogen-bond acceptors (Lipinski definition) is 6. The summed E-state index contributed by atoms with van der Waals surface area (Å²) in [7, 11) is 0. The average Bonchev–Trinajstić information content (AvgIpc) is 3.04. The molecule has 138 valence electrons. The molecule has 0 unspecified atom stereocenters. The zero-order chi connectivity index (χ0) is 18.8. The van der Waals surface area contributed by atoms with E-state index in [2.05, 4.69) is 44.4 Å². The molecule has 7 nitrogen and oxygen atoms in total. The Hall–Kier alpha value is -3.35. The molecule has 0 N–H and O–H groups in total. The molecule has 3 heterocycles. The third kappa shape index (κ3) is 2.19. The van der Waals surface area contributed by atoms with Crippen molar-refractivity contribution in [3.05, 3.63) is 81.7 Å². The number of rotatable bonds is 3. The predicted molar refractivity (Wildman–Crippen MR) is 101 cm³/mol. The third-order valence-electron chi connectivity index (χ3n) is 6.05. The summed E-state index contributed by atoms with van der Waals surface area (Å²) in [6, 6.07) is 8.60. The second-order valence-corrected chi connectivity index (χ2v) is 7.69. The minimum atomic E-state index is -0.123. The van der Waals surface area contributed by atoms with Gasteiger partial charge in [0.15, 0.2) is 5.82 Å². The van der Waals surface area contributed by atoms with Crippen molar-refractivity contribution in [2.24, 2.45) is 5.92 Å². The molecule has 7 heteroatoms. The van der Waals surface area contributed by atoms with E-state index >= 15 is 0 Å². The van der Waals surface area contributed by atoms with Crippen LogP contribution in [-0.4, -0.2) is 24.7 Å². The van der Waals surface area contributed by atoms with Crippen LogP contribution >= 0.6 is 0 Å². The summed E-state index contributed by atoms with van der Waals surface area (Å²) in [6.45, 7) is 2.08. The predicted octanol–water partition coefficient (Wildman–Crippen LogP) is 2.58. The molecule has 2 aliphatic rings. The fourth-order valence-corrected chi connectivity index (χ4v) is 4.68. The molecule has 3 atom stereocenters. The highest BCUT2D eigenvalue weighted by Crippen LogP contribution is 2.65. The van der Waals surface area contributed by atoms with Crippen LogP contribution in [0.25, 0.3) is 10.9 Å². The van der Waals surface area contributed by atoms with Gasteiger partial charge in [-0.2, -0.15) is 4.98 Å². The van der Waals surface area contributed by atoms with Crippen molar-refractivity contribution in [1.82, 2.24) is 24.7 Å². The number of benzene rings is 1. The Morgan fingerprint density at radius 3 is 3.04 bits per heavy atom. The molecule has 6 rings (SSSR count). The van der Waals surface area contributed by atoms with Crippen LogP contribution < -0.4 is 5.56 Å². The standard InChI is InChI=1S/C21H17N5O2/c1-11-7-22-8-15-17(11)21(27)26(10-23-15)9-16-24-20(25-28-16)19-14-6-12-4-2-3-5-13(12)18(14)19/h2-5,7-8,10,14,18-19H,6,9H2,1H3/t14-,18+,19+/m1/s1. The van der Waals surface area contributed by atoms with Gasteiger partial charge in [-0.3, -0.25) is 14.3 Å². The second kappa shape index (κ2) is 5.58. The van der Waals surface area contributed by atoms with E-state index < -0.39 is 0 Å². The first-order chi connectivity index (χ1) is 13.7. The molecule has 0 aliphatic heterocycles. The second-order valence-electron chi connectivity index (χ2n) is 7.69. The maximum Gasteiger partial charge on any atom is 0.262 e. The van der Waals surface area contributed by atoms with Crippen molar-refractivity contribution in [3.63, 3.8) is 0 Å². The highest BCUT2D eigenvalue weighted by atomic mass is 16.5. The summed E-state index contributed by atoms with van der Waals surface area (Å²) < 4.78 is 6.97. The molecule has 1 fully saturated rings. The van der Waals surface area contributed by atoms with Gasteiger partial charge in [-0.05, 0) is 41.9 Å². The summed E-state index contributed by atoms with van der Waals surface area (Å²) in [5, 5.41) is 4.78. The minimum Gasteiger partial charge on any atom is -0.337 e. The fraction of sp³-hybridized carbons (Fsp3) is 0.286. The normalized spacial score (nSPS) is 22.2. The smallest absolute Gasteiger partial charge is 0.262 e. The summed E-state index contributed by atoms with van der Waals surface area (Å²) >= 11 is 0. The van der Waals surface area contributed by atoms with Gasteiger partial charge in [0.1, 0.15) is 6.54 Å². The van der Waals surface area contributed by atoms with Crippen molar-refractivity contribution in [1.29, 1.82) is 0 Å². The highest BCUT2D eigenvalue weighted by molar-refractivity contribution is 5.79. The Bertz CT molecular complexity index is 1290. The summed E-state index contributed by atoms with van der Waals surface area (Å²) in [5.41, 5.74) is 4.14. The minimum absolute atomic E-state index is 0.123. The van der Waals surface area contributed by atoms with Crippen LogP contribution in [0.15, 0.2) is 52.3 Å². The number of fused-ring (bicyclic) bond motifs is 4. The molecule has 1 saturated carbocycles. The van der Waals surface area contributed by atoms with Gasteiger partial charge in [0.05, 0.1) is 23.4 Å². The molecule has 0 saturated heterocycles. The number of aromatic nitrogens is 5. The van der Waals surface area contributed by atoms with E-state index in [9.17, 15) is 4.79 Å². The maximum absolute atomic E-state index is 12.8. The Balaban J connectivity index is 1.28. The van der Waals surface area contributed by atoms with E-state index in [-0.39, 0.29) is 12.1 Å². The SMILES string of the molecule is Cc1cncc2ncn(Cc3nc([C@H]4[C@@H]5Cc6ccccc6[C@@H]54)no3)c(=O)c12. The Morgan fingerprint density at radius 1 is 1.21 bits per heavy atom. The summed E-state index contributed by atoms with van der Waals surface area (Å²) in [4.78, 5) is 25.8. The molecular weight excluding hydrogens is 354 g/mol. The highest BCUT2D eigenvalue weighted by Gasteiger charge is 2.58. The first-order valence-electron chi connectivity index (χ1n) is 9.41. The lowest BCUT2D eigenvalue weighted by Crippen LogP contribution is -2.22. The van der Waals surface area contributed by atoms with Crippen LogP contribution in [0.2, 0.25) is 0 Å². The average molecular weight is 371 g/mol. The molecule has 0 amide bonds. The van der Waals surface area contributed by atoms with Gasteiger partial charge in [-0.25, -0.2) is 4.98 Å². The third-order valence-corrected chi connectivity index (χ3v) is 6.05. The lowest BCUT2D eigenvalue weighted by atomic mass is 10.0. The van der Waals surface area contributed by atoms with Crippen LogP contribution in [0, 0.1) is 12.8 Å². The van der Waals surface area contributed by atoms with Crippen LogP contribution in [0.5, 0.6) is 0 Å². The molecule has 28 heavy (non-hydrogen) atoms. The van der Waals surface area contributed by atoms with Crippen molar-refractivity contribution in [2.75, 3.05) is 0 Å². The summed E-state index contributed by atoms with van der Waals surface area (Å²) in [6.07, 6.45) is 5.86. The monoisotopic (exact) mass is 371 g/mol. The fourth-order valence-electron chi connectivity index (χ4n) is 4.68. The molecule has 0 radical (unpaired) electrons. The molecule has 4 aromatic rings. The maximum atomic E-state index is 12.8. The Kier molecular flexibility index (Phi) is 3.12. The van der Waals surface area contributed by atoms with E-state index in [1.807, 2.05) is 6.92 Å². The zero-order valence-electron chi connectivity index (χ0n) is 15.2. The quantitative estimate of drug-likeness (QED) is 0.550.